The molecule has 0 saturated carbocycles. The summed E-state index contributed by atoms with van der Waals surface area (Å²) < 4.78 is 5.17. The van der Waals surface area contributed by atoms with E-state index in [1.165, 1.54) is 18.7 Å². The van der Waals surface area contributed by atoms with Crippen molar-refractivity contribution in [3.63, 3.8) is 0 Å². The topological polar surface area (TPSA) is 108 Å². The highest BCUT2D eigenvalue weighted by Gasteiger charge is 2.34. The number of nitrogens with one attached hydrogen (secondary N) is 2. The Balaban J connectivity index is 1.93. The van der Waals surface area contributed by atoms with Crippen molar-refractivity contribution in [2.45, 2.75) is 55.9 Å². The monoisotopic (exact) mass is 389 g/mol. The number of nitrogens with zero attached hydrogens (tertiary/aromatic N) is 1. The first-order valence-corrected chi connectivity index (χ1v) is 9.53. The van der Waals surface area contributed by atoms with Crippen molar-refractivity contribution >= 4 is 35.2 Å². The molecule has 3 atom stereocenters. The van der Waals surface area contributed by atoms with E-state index < -0.39 is 28.8 Å². The molecule has 8 heteroatoms. The SMILES string of the molecule is CC(C)[C@@](C)(C#N)NC(=O)[C@H](C)OC(=O)C[C@@H]1Sc2ccccc2NC1=O. The molecule has 0 aromatic heterocycles. The average molecular weight is 389 g/mol. The van der Waals surface area contributed by atoms with Crippen molar-refractivity contribution in [2.24, 2.45) is 5.92 Å². The molecule has 0 unspecified atom stereocenters. The fourth-order valence-corrected chi connectivity index (χ4v) is 3.43. The van der Waals surface area contributed by atoms with Crippen LogP contribution in [0.1, 0.15) is 34.1 Å². The van der Waals surface area contributed by atoms with E-state index in [-0.39, 0.29) is 18.2 Å². The summed E-state index contributed by atoms with van der Waals surface area (Å²) in [7, 11) is 0. The van der Waals surface area contributed by atoms with Gasteiger partial charge in [0.25, 0.3) is 5.91 Å². The zero-order valence-electron chi connectivity index (χ0n) is 15.7. The van der Waals surface area contributed by atoms with Gasteiger partial charge in [-0.2, -0.15) is 5.26 Å². The van der Waals surface area contributed by atoms with E-state index >= 15 is 0 Å². The zero-order valence-corrected chi connectivity index (χ0v) is 16.6. The lowest BCUT2D eigenvalue weighted by atomic mass is 9.90. The maximum atomic E-state index is 12.3. The predicted octanol–water partition coefficient (Wildman–Crippen LogP) is 2.48. The lowest BCUT2D eigenvalue weighted by Crippen LogP contribution is -2.52. The highest BCUT2D eigenvalue weighted by molar-refractivity contribution is 8.01. The van der Waals surface area contributed by atoms with Crippen molar-refractivity contribution in [3.05, 3.63) is 24.3 Å². The average Bonchev–Trinajstić information content (AvgIpc) is 2.61. The van der Waals surface area contributed by atoms with E-state index in [0.717, 1.165) is 4.90 Å². The summed E-state index contributed by atoms with van der Waals surface area (Å²) in [5.41, 5.74) is -0.338. The van der Waals surface area contributed by atoms with E-state index in [0.29, 0.717) is 5.69 Å². The first-order valence-electron chi connectivity index (χ1n) is 8.65. The Bertz CT molecular complexity index is 789. The van der Waals surface area contributed by atoms with Crippen LogP contribution in [0.4, 0.5) is 5.69 Å². The van der Waals surface area contributed by atoms with Gasteiger partial charge in [0, 0.05) is 4.90 Å². The van der Waals surface area contributed by atoms with Gasteiger partial charge < -0.3 is 15.4 Å². The Labute approximate surface area is 162 Å². The molecule has 0 fully saturated rings. The first-order chi connectivity index (χ1) is 12.7. The summed E-state index contributed by atoms with van der Waals surface area (Å²) in [6, 6.07) is 9.40. The number of hydrogen-bond donors (Lipinski definition) is 2. The largest absolute Gasteiger partial charge is 0.453 e. The number of ether oxygens (including phenoxy) is 1. The van der Waals surface area contributed by atoms with E-state index in [1.54, 1.807) is 13.0 Å². The van der Waals surface area contributed by atoms with Gasteiger partial charge in [0.2, 0.25) is 5.91 Å². The second-order valence-electron chi connectivity index (χ2n) is 6.89. The van der Waals surface area contributed by atoms with Gasteiger partial charge in [-0.3, -0.25) is 14.4 Å². The molecular weight excluding hydrogens is 366 g/mol. The van der Waals surface area contributed by atoms with Crippen LogP contribution >= 0.6 is 11.8 Å². The minimum atomic E-state index is -1.06. The van der Waals surface area contributed by atoms with Crippen molar-refractivity contribution in [1.29, 1.82) is 5.26 Å². The highest BCUT2D eigenvalue weighted by atomic mass is 32.2. The van der Waals surface area contributed by atoms with Gasteiger partial charge in [-0.1, -0.05) is 26.0 Å². The first kappa shape index (κ1) is 20.8. The summed E-state index contributed by atoms with van der Waals surface area (Å²) in [4.78, 5) is 37.5. The number of para-hydroxylation sites is 1. The Morgan fingerprint density at radius 2 is 2.04 bits per heavy atom. The Morgan fingerprint density at radius 1 is 1.37 bits per heavy atom. The number of rotatable bonds is 6. The van der Waals surface area contributed by atoms with Crippen LogP contribution < -0.4 is 10.6 Å². The summed E-state index contributed by atoms with van der Waals surface area (Å²) in [6.45, 7) is 6.69. The molecule has 2 amide bonds. The third-order valence-electron chi connectivity index (χ3n) is 4.51. The van der Waals surface area contributed by atoms with E-state index in [4.69, 9.17) is 4.74 Å². The van der Waals surface area contributed by atoms with Gasteiger partial charge in [0.05, 0.1) is 23.4 Å². The Kier molecular flexibility index (Phi) is 6.50. The molecular formula is C19H23N3O4S. The fraction of sp³-hybridized carbons (Fsp3) is 0.474. The quantitative estimate of drug-likeness (QED) is 0.724. The molecule has 1 heterocycles. The second kappa shape index (κ2) is 8.44. The number of carbonyl (C=O) groups is 3. The summed E-state index contributed by atoms with van der Waals surface area (Å²) in [5.74, 6) is -1.58. The highest BCUT2D eigenvalue weighted by Crippen LogP contribution is 2.36. The third-order valence-corrected chi connectivity index (χ3v) is 5.78. The number of nitriles is 1. The van der Waals surface area contributed by atoms with Crippen molar-refractivity contribution in [3.8, 4) is 6.07 Å². The maximum Gasteiger partial charge on any atom is 0.308 e. The van der Waals surface area contributed by atoms with Gasteiger partial charge in [-0.15, -0.1) is 11.8 Å². The molecule has 7 nitrogen and oxygen atoms in total. The Hall–Kier alpha value is -2.53. The number of amides is 2. The molecule has 0 saturated heterocycles. The van der Waals surface area contributed by atoms with Gasteiger partial charge >= 0.3 is 5.97 Å². The van der Waals surface area contributed by atoms with Crippen LogP contribution in [0.15, 0.2) is 29.2 Å². The Morgan fingerprint density at radius 3 is 2.67 bits per heavy atom. The van der Waals surface area contributed by atoms with Crippen molar-refractivity contribution in [1.82, 2.24) is 5.32 Å². The van der Waals surface area contributed by atoms with Gasteiger partial charge in [0.15, 0.2) is 6.10 Å². The molecule has 144 valence electrons. The molecule has 2 rings (SSSR count). The minimum Gasteiger partial charge on any atom is -0.453 e. The van der Waals surface area contributed by atoms with Crippen LogP contribution in [0.5, 0.6) is 0 Å². The maximum absolute atomic E-state index is 12.3. The van der Waals surface area contributed by atoms with Gasteiger partial charge in [-0.05, 0) is 31.9 Å². The smallest absolute Gasteiger partial charge is 0.308 e. The van der Waals surface area contributed by atoms with E-state index in [1.807, 2.05) is 32.0 Å². The van der Waals surface area contributed by atoms with Crippen LogP contribution in [-0.4, -0.2) is 34.7 Å². The fourth-order valence-electron chi connectivity index (χ4n) is 2.34. The number of carbonyl (C=O) groups excluding carboxylic acids is 3. The van der Waals surface area contributed by atoms with Gasteiger partial charge in [-0.25, -0.2) is 0 Å². The van der Waals surface area contributed by atoms with Crippen LogP contribution in [0.2, 0.25) is 0 Å². The number of fused-ring (bicyclic) bond motifs is 1. The van der Waals surface area contributed by atoms with Crippen LogP contribution in [0, 0.1) is 17.2 Å². The normalized spacial score (nSPS) is 19.1. The molecule has 0 radical (unpaired) electrons. The third kappa shape index (κ3) is 5.01. The minimum absolute atomic E-state index is 0.114. The molecule has 1 aliphatic heterocycles. The van der Waals surface area contributed by atoms with E-state index in [9.17, 15) is 19.6 Å². The zero-order chi connectivity index (χ0) is 20.2. The molecule has 1 aromatic rings. The predicted molar refractivity (Wildman–Crippen MR) is 102 cm³/mol. The van der Waals surface area contributed by atoms with Crippen molar-refractivity contribution < 1.29 is 19.1 Å². The molecule has 1 aromatic carbocycles. The molecule has 0 spiro atoms. The number of anilines is 1. The lowest BCUT2D eigenvalue weighted by molar-refractivity contribution is -0.155. The lowest BCUT2D eigenvalue weighted by Gasteiger charge is -2.28. The van der Waals surface area contributed by atoms with Gasteiger partial charge in [0.1, 0.15) is 5.54 Å². The molecule has 1 aliphatic rings. The summed E-state index contributed by atoms with van der Waals surface area (Å²) >= 11 is 1.29. The number of benzene rings is 1. The number of esters is 1. The van der Waals surface area contributed by atoms with Crippen molar-refractivity contribution in [2.75, 3.05) is 5.32 Å². The van der Waals surface area contributed by atoms with Crippen LogP contribution in [-0.2, 0) is 19.1 Å². The molecule has 0 aliphatic carbocycles. The number of hydrogen-bond acceptors (Lipinski definition) is 6. The summed E-state index contributed by atoms with van der Waals surface area (Å²) in [6.07, 6.45) is -1.21. The second-order valence-corrected chi connectivity index (χ2v) is 8.13. The van der Waals surface area contributed by atoms with E-state index in [2.05, 4.69) is 16.7 Å². The standard InChI is InChI=1S/C19H23N3O4S/c1-11(2)19(4,10-20)22-17(24)12(3)26-16(23)9-15-18(25)21-13-7-5-6-8-14(13)27-15/h5-8,11-12,15H,9H2,1-4H3,(H,21,25)(H,22,24)/t12-,15-,19+/m0/s1. The molecule has 0 bridgehead atoms. The molecule has 2 N–H and O–H groups in total. The summed E-state index contributed by atoms with van der Waals surface area (Å²) in [5, 5.41) is 14.0. The molecule has 27 heavy (non-hydrogen) atoms. The number of thioether (sulfide) groups is 1. The van der Waals surface area contributed by atoms with Crippen LogP contribution in [0.3, 0.4) is 0 Å². The van der Waals surface area contributed by atoms with Crippen LogP contribution in [0.25, 0.3) is 0 Å².